The van der Waals surface area contributed by atoms with Crippen LogP contribution in [0.1, 0.15) is 40.0 Å². The monoisotopic (exact) mass is 320 g/mol. The third-order valence-corrected chi connectivity index (χ3v) is 5.86. The lowest BCUT2D eigenvalue weighted by molar-refractivity contribution is -0.142. The molecule has 8 heteroatoms. The van der Waals surface area contributed by atoms with Gasteiger partial charge in [-0.3, -0.25) is 4.79 Å². The van der Waals surface area contributed by atoms with Gasteiger partial charge in [0, 0.05) is 19.6 Å². The molecule has 2 saturated heterocycles. The summed E-state index contributed by atoms with van der Waals surface area (Å²) in [5.74, 6) is -1.07. The first kappa shape index (κ1) is 16.7. The number of nitrogens with zero attached hydrogens (tertiary/aromatic N) is 2. The van der Waals surface area contributed by atoms with E-state index in [9.17, 15) is 18.3 Å². The second-order valence-corrected chi connectivity index (χ2v) is 8.33. The fraction of sp³-hybridized carbons (Fsp3) is 0.923. The van der Waals surface area contributed by atoms with Gasteiger partial charge in [-0.15, -0.1) is 0 Å². The Labute approximate surface area is 126 Å². The van der Waals surface area contributed by atoms with Crippen LogP contribution >= 0.6 is 0 Å². The Hall–Kier alpha value is -0.700. The van der Waals surface area contributed by atoms with Crippen molar-refractivity contribution < 1.29 is 23.1 Å². The summed E-state index contributed by atoms with van der Waals surface area (Å²) in [6.45, 7) is 6.28. The van der Waals surface area contributed by atoms with Crippen LogP contribution in [0.5, 0.6) is 0 Å². The highest BCUT2D eigenvalue weighted by atomic mass is 32.2. The maximum atomic E-state index is 12.8. The molecule has 2 fully saturated rings. The van der Waals surface area contributed by atoms with Gasteiger partial charge in [-0.2, -0.15) is 17.0 Å². The molecule has 0 aliphatic carbocycles. The van der Waals surface area contributed by atoms with Crippen LogP contribution in [0, 0.1) is 0 Å². The van der Waals surface area contributed by atoms with Gasteiger partial charge < -0.3 is 9.84 Å². The zero-order valence-corrected chi connectivity index (χ0v) is 13.6. The summed E-state index contributed by atoms with van der Waals surface area (Å²) in [6.07, 6.45) is 1.61. The van der Waals surface area contributed by atoms with Gasteiger partial charge in [-0.1, -0.05) is 0 Å². The third-order valence-electron chi connectivity index (χ3n) is 3.90. The molecule has 0 bridgehead atoms. The van der Waals surface area contributed by atoms with Gasteiger partial charge in [0.05, 0.1) is 11.7 Å². The molecule has 0 amide bonds. The van der Waals surface area contributed by atoms with E-state index in [0.717, 1.165) is 10.7 Å². The van der Waals surface area contributed by atoms with Crippen LogP contribution in [0.4, 0.5) is 0 Å². The number of piperidine rings is 1. The van der Waals surface area contributed by atoms with Gasteiger partial charge in [-0.05, 0) is 40.0 Å². The first-order valence-electron chi connectivity index (χ1n) is 7.31. The second kappa shape index (κ2) is 5.83. The maximum Gasteiger partial charge on any atom is 0.322 e. The highest BCUT2D eigenvalue weighted by Crippen LogP contribution is 2.28. The first-order chi connectivity index (χ1) is 9.63. The average Bonchev–Trinajstić information content (AvgIpc) is 2.36. The minimum absolute atomic E-state index is 0.211. The molecule has 0 aromatic rings. The zero-order valence-electron chi connectivity index (χ0n) is 12.8. The summed E-state index contributed by atoms with van der Waals surface area (Å²) in [5, 5.41) is 9.28. The fourth-order valence-electron chi connectivity index (χ4n) is 3.15. The number of carbonyl (C=O) groups is 1. The molecule has 0 saturated carbocycles. The summed E-state index contributed by atoms with van der Waals surface area (Å²) < 4.78 is 33.9. The van der Waals surface area contributed by atoms with E-state index in [2.05, 4.69) is 0 Å². The Morgan fingerprint density at radius 1 is 1.33 bits per heavy atom. The van der Waals surface area contributed by atoms with Gasteiger partial charge >= 0.3 is 5.97 Å². The fourth-order valence-corrected chi connectivity index (χ4v) is 5.19. The van der Waals surface area contributed by atoms with E-state index in [0.29, 0.717) is 12.8 Å². The van der Waals surface area contributed by atoms with Gasteiger partial charge in [0.25, 0.3) is 10.2 Å². The van der Waals surface area contributed by atoms with Crippen molar-refractivity contribution in [3.63, 3.8) is 0 Å². The summed E-state index contributed by atoms with van der Waals surface area (Å²) >= 11 is 0. The smallest absolute Gasteiger partial charge is 0.322 e. The Morgan fingerprint density at radius 3 is 2.57 bits per heavy atom. The summed E-state index contributed by atoms with van der Waals surface area (Å²) in [5.41, 5.74) is -0.570. The molecule has 2 aliphatic heterocycles. The molecule has 0 radical (unpaired) electrons. The molecule has 21 heavy (non-hydrogen) atoms. The minimum atomic E-state index is -3.78. The number of hydrogen-bond donors (Lipinski definition) is 1. The largest absolute Gasteiger partial charge is 0.480 e. The van der Waals surface area contributed by atoms with Gasteiger partial charge in [0.2, 0.25) is 0 Å². The van der Waals surface area contributed by atoms with E-state index in [1.807, 2.05) is 20.8 Å². The summed E-state index contributed by atoms with van der Waals surface area (Å²) in [6, 6.07) is -0.954. The molecule has 7 nitrogen and oxygen atoms in total. The van der Waals surface area contributed by atoms with Crippen molar-refractivity contribution in [1.29, 1.82) is 0 Å². The predicted molar refractivity (Wildman–Crippen MR) is 77.1 cm³/mol. The highest BCUT2D eigenvalue weighted by molar-refractivity contribution is 7.86. The van der Waals surface area contributed by atoms with Gasteiger partial charge in [0.1, 0.15) is 6.04 Å². The quantitative estimate of drug-likeness (QED) is 0.826. The highest BCUT2D eigenvalue weighted by Gasteiger charge is 2.44. The standard InChI is InChI=1S/C13H24N2O5S/c1-10-8-14(9-13(2,3)20-10)21(18,19)15-7-5-4-6-11(15)12(16)17/h10-11H,4-9H2,1-3H3,(H,16,17). The molecule has 0 aromatic carbocycles. The molecule has 2 unspecified atom stereocenters. The van der Waals surface area contributed by atoms with Gasteiger partial charge in [0.15, 0.2) is 0 Å². The molecule has 122 valence electrons. The number of rotatable bonds is 3. The van der Waals surface area contributed by atoms with Crippen molar-refractivity contribution >= 4 is 16.2 Å². The van der Waals surface area contributed by atoms with E-state index in [-0.39, 0.29) is 25.7 Å². The van der Waals surface area contributed by atoms with Crippen LogP contribution in [-0.2, 0) is 19.7 Å². The van der Waals surface area contributed by atoms with Crippen LogP contribution < -0.4 is 0 Å². The SMILES string of the molecule is CC1CN(S(=O)(=O)N2CCCCC2C(=O)O)CC(C)(C)O1. The van der Waals surface area contributed by atoms with Crippen molar-refractivity contribution in [3.05, 3.63) is 0 Å². The van der Waals surface area contributed by atoms with E-state index in [4.69, 9.17) is 4.74 Å². The number of aliphatic carboxylic acids is 1. The Balaban J connectivity index is 2.25. The minimum Gasteiger partial charge on any atom is -0.480 e. The van der Waals surface area contributed by atoms with E-state index >= 15 is 0 Å². The lowest BCUT2D eigenvalue weighted by Gasteiger charge is -2.44. The topological polar surface area (TPSA) is 87.2 Å². The summed E-state index contributed by atoms with van der Waals surface area (Å²) in [4.78, 5) is 11.3. The number of hydrogen-bond acceptors (Lipinski definition) is 4. The molecular formula is C13H24N2O5S. The van der Waals surface area contributed by atoms with E-state index in [1.54, 1.807) is 0 Å². The van der Waals surface area contributed by atoms with Crippen LogP contribution in [0.25, 0.3) is 0 Å². The lowest BCUT2D eigenvalue weighted by atomic mass is 10.1. The number of morpholine rings is 1. The molecule has 2 aliphatic rings. The molecule has 2 atom stereocenters. The lowest BCUT2D eigenvalue weighted by Crippen LogP contribution is -2.60. The number of carboxylic acids is 1. The Kier molecular flexibility index (Phi) is 4.63. The summed E-state index contributed by atoms with van der Waals surface area (Å²) in [7, 11) is -3.78. The maximum absolute atomic E-state index is 12.8. The Bertz CT molecular complexity index is 505. The Morgan fingerprint density at radius 2 is 2.00 bits per heavy atom. The zero-order chi connectivity index (χ0) is 15.8. The van der Waals surface area contributed by atoms with E-state index in [1.165, 1.54) is 4.31 Å². The van der Waals surface area contributed by atoms with Crippen LogP contribution in [0.2, 0.25) is 0 Å². The normalized spacial score (nSPS) is 32.0. The van der Waals surface area contributed by atoms with Crippen LogP contribution in [-0.4, -0.2) is 65.5 Å². The van der Waals surface area contributed by atoms with Crippen molar-refractivity contribution in [2.45, 2.75) is 57.8 Å². The third kappa shape index (κ3) is 3.56. The van der Waals surface area contributed by atoms with Crippen molar-refractivity contribution in [2.75, 3.05) is 19.6 Å². The number of carboxylic acid groups (broad SMARTS) is 1. The van der Waals surface area contributed by atoms with Crippen molar-refractivity contribution in [1.82, 2.24) is 8.61 Å². The molecule has 2 rings (SSSR count). The number of ether oxygens (including phenoxy) is 1. The molecule has 0 aromatic heterocycles. The first-order valence-corrected chi connectivity index (χ1v) is 8.71. The average molecular weight is 320 g/mol. The van der Waals surface area contributed by atoms with Crippen molar-refractivity contribution in [3.8, 4) is 0 Å². The van der Waals surface area contributed by atoms with Crippen LogP contribution in [0.3, 0.4) is 0 Å². The molecule has 1 N–H and O–H groups in total. The predicted octanol–water partition coefficient (Wildman–Crippen LogP) is 0.670. The van der Waals surface area contributed by atoms with Gasteiger partial charge in [-0.25, -0.2) is 0 Å². The van der Waals surface area contributed by atoms with E-state index < -0.39 is 27.8 Å². The molecule has 2 heterocycles. The molecular weight excluding hydrogens is 296 g/mol. The van der Waals surface area contributed by atoms with Crippen molar-refractivity contribution in [2.24, 2.45) is 0 Å². The van der Waals surface area contributed by atoms with Crippen LogP contribution in [0.15, 0.2) is 0 Å². The second-order valence-electron chi connectivity index (χ2n) is 6.45. The molecule has 0 spiro atoms.